The number of rotatable bonds is 4. The third-order valence-electron chi connectivity index (χ3n) is 2.35. The van der Waals surface area contributed by atoms with Gasteiger partial charge in [0.05, 0.1) is 11.3 Å². The molecule has 0 aliphatic heterocycles. The van der Waals surface area contributed by atoms with E-state index in [1.54, 1.807) is 6.07 Å². The summed E-state index contributed by atoms with van der Waals surface area (Å²) >= 11 is 1.29. The van der Waals surface area contributed by atoms with E-state index in [9.17, 15) is 13.6 Å². The number of aromatic carboxylic acids is 1. The quantitative estimate of drug-likeness (QED) is 0.873. The van der Waals surface area contributed by atoms with Crippen LogP contribution < -0.4 is 0 Å². The second kappa shape index (κ2) is 5.79. The Kier molecular flexibility index (Phi) is 4.11. The number of aromatic nitrogens is 1. The van der Waals surface area contributed by atoms with Crippen molar-refractivity contribution < 1.29 is 18.7 Å². The van der Waals surface area contributed by atoms with Gasteiger partial charge in [-0.3, -0.25) is 4.98 Å². The van der Waals surface area contributed by atoms with Gasteiger partial charge < -0.3 is 5.11 Å². The number of hydrogen-bond donors (Lipinski definition) is 1. The zero-order valence-electron chi connectivity index (χ0n) is 9.64. The maximum atomic E-state index is 13.0. The second-order valence-corrected chi connectivity index (χ2v) is 4.76. The van der Waals surface area contributed by atoms with Crippen molar-refractivity contribution in [2.75, 3.05) is 0 Å². The van der Waals surface area contributed by atoms with Gasteiger partial charge in [0.1, 0.15) is 0 Å². The SMILES string of the molecule is O=C(O)c1ccc(CSc2ccc(F)c(F)c2)nc1. The number of carboxylic acid groups (broad SMARTS) is 1. The number of carboxylic acids is 1. The molecule has 1 aromatic carbocycles. The van der Waals surface area contributed by atoms with Crippen LogP contribution in [0.1, 0.15) is 16.1 Å². The third-order valence-corrected chi connectivity index (χ3v) is 3.38. The summed E-state index contributed by atoms with van der Waals surface area (Å²) < 4.78 is 25.7. The molecule has 98 valence electrons. The van der Waals surface area contributed by atoms with Gasteiger partial charge >= 0.3 is 5.97 Å². The highest BCUT2D eigenvalue weighted by molar-refractivity contribution is 7.98. The Morgan fingerprint density at radius 3 is 2.58 bits per heavy atom. The molecule has 0 radical (unpaired) electrons. The van der Waals surface area contributed by atoms with Gasteiger partial charge in [-0.1, -0.05) is 0 Å². The summed E-state index contributed by atoms with van der Waals surface area (Å²) in [5.41, 5.74) is 0.779. The lowest BCUT2D eigenvalue weighted by atomic mass is 10.2. The van der Waals surface area contributed by atoms with E-state index in [2.05, 4.69) is 4.98 Å². The lowest BCUT2D eigenvalue weighted by Crippen LogP contribution is -1.98. The van der Waals surface area contributed by atoms with Crippen LogP contribution in [0.5, 0.6) is 0 Å². The van der Waals surface area contributed by atoms with Crippen LogP contribution in [-0.2, 0) is 5.75 Å². The summed E-state index contributed by atoms with van der Waals surface area (Å²) in [6.45, 7) is 0. The van der Waals surface area contributed by atoms with Crippen LogP contribution in [0, 0.1) is 11.6 Å². The Morgan fingerprint density at radius 2 is 2.00 bits per heavy atom. The highest BCUT2D eigenvalue weighted by Crippen LogP contribution is 2.23. The highest BCUT2D eigenvalue weighted by atomic mass is 32.2. The topological polar surface area (TPSA) is 50.2 Å². The molecule has 0 saturated carbocycles. The summed E-state index contributed by atoms with van der Waals surface area (Å²) in [5.74, 6) is -2.36. The molecule has 1 N–H and O–H groups in total. The second-order valence-electron chi connectivity index (χ2n) is 3.71. The molecular formula is C13H9F2NO2S. The van der Waals surface area contributed by atoms with E-state index in [0.717, 1.165) is 12.1 Å². The molecule has 1 aromatic heterocycles. The molecular weight excluding hydrogens is 272 g/mol. The minimum atomic E-state index is -1.03. The van der Waals surface area contributed by atoms with Crippen molar-refractivity contribution in [1.29, 1.82) is 0 Å². The van der Waals surface area contributed by atoms with Crippen molar-refractivity contribution in [3.63, 3.8) is 0 Å². The standard InChI is InChI=1S/C13H9F2NO2S/c14-11-4-3-10(5-12(11)15)19-7-9-2-1-8(6-16-9)13(17)18/h1-6H,7H2,(H,17,18). The minimum absolute atomic E-state index is 0.113. The smallest absolute Gasteiger partial charge is 0.337 e. The molecule has 0 bridgehead atoms. The first kappa shape index (κ1) is 13.5. The number of carbonyl (C=O) groups is 1. The van der Waals surface area contributed by atoms with E-state index in [1.807, 2.05) is 0 Å². The fourth-order valence-electron chi connectivity index (χ4n) is 1.36. The van der Waals surface area contributed by atoms with E-state index < -0.39 is 17.6 Å². The van der Waals surface area contributed by atoms with Crippen LogP contribution in [0.3, 0.4) is 0 Å². The normalized spacial score (nSPS) is 10.4. The molecule has 1 heterocycles. The zero-order chi connectivity index (χ0) is 13.8. The van der Waals surface area contributed by atoms with E-state index >= 15 is 0 Å². The maximum Gasteiger partial charge on any atom is 0.337 e. The zero-order valence-corrected chi connectivity index (χ0v) is 10.5. The molecule has 0 amide bonds. The monoisotopic (exact) mass is 281 g/mol. The van der Waals surface area contributed by atoms with Crippen LogP contribution in [0.15, 0.2) is 41.4 Å². The highest BCUT2D eigenvalue weighted by Gasteiger charge is 2.05. The Morgan fingerprint density at radius 1 is 1.21 bits per heavy atom. The van der Waals surface area contributed by atoms with Crippen molar-refractivity contribution in [3.05, 3.63) is 59.4 Å². The first-order valence-electron chi connectivity index (χ1n) is 5.32. The summed E-state index contributed by atoms with van der Waals surface area (Å²) in [6.07, 6.45) is 1.27. The molecule has 0 fully saturated rings. The molecule has 0 saturated heterocycles. The summed E-state index contributed by atoms with van der Waals surface area (Å²) in [4.78, 5) is 15.2. The lowest BCUT2D eigenvalue weighted by Gasteiger charge is -2.02. The van der Waals surface area contributed by atoms with Gasteiger partial charge in [0.15, 0.2) is 11.6 Å². The number of hydrogen-bond acceptors (Lipinski definition) is 3. The number of thioether (sulfide) groups is 1. The molecule has 2 aromatic rings. The average Bonchev–Trinajstić information content (AvgIpc) is 2.40. The Bertz CT molecular complexity index is 602. The maximum absolute atomic E-state index is 13.0. The Balaban J connectivity index is 2.01. The van der Waals surface area contributed by atoms with E-state index in [-0.39, 0.29) is 5.56 Å². The molecule has 0 aliphatic carbocycles. The molecule has 0 aliphatic rings. The van der Waals surface area contributed by atoms with Crippen LogP contribution in [-0.4, -0.2) is 16.1 Å². The van der Waals surface area contributed by atoms with Crippen molar-refractivity contribution in [2.45, 2.75) is 10.6 Å². The van der Waals surface area contributed by atoms with Crippen LogP contribution in [0.4, 0.5) is 8.78 Å². The van der Waals surface area contributed by atoms with Crippen molar-refractivity contribution in [2.24, 2.45) is 0 Å². The predicted octanol–water partition coefficient (Wildman–Crippen LogP) is 3.35. The van der Waals surface area contributed by atoms with E-state index in [4.69, 9.17) is 5.11 Å². The van der Waals surface area contributed by atoms with Gasteiger partial charge in [0, 0.05) is 16.8 Å². The van der Waals surface area contributed by atoms with E-state index in [0.29, 0.717) is 16.3 Å². The first-order chi connectivity index (χ1) is 9.06. The van der Waals surface area contributed by atoms with Crippen LogP contribution >= 0.6 is 11.8 Å². The van der Waals surface area contributed by atoms with Crippen molar-refractivity contribution in [1.82, 2.24) is 4.98 Å². The van der Waals surface area contributed by atoms with Gasteiger partial charge in [0.25, 0.3) is 0 Å². The van der Waals surface area contributed by atoms with Crippen LogP contribution in [0.25, 0.3) is 0 Å². The number of nitrogens with zero attached hydrogens (tertiary/aromatic N) is 1. The summed E-state index contributed by atoms with van der Waals surface area (Å²) in [6, 6.07) is 6.71. The lowest BCUT2D eigenvalue weighted by molar-refractivity contribution is 0.0696. The fourth-order valence-corrected chi connectivity index (χ4v) is 2.20. The fraction of sp³-hybridized carbons (Fsp3) is 0.0769. The average molecular weight is 281 g/mol. The predicted molar refractivity (Wildman–Crippen MR) is 67.1 cm³/mol. The van der Waals surface area contributed by atoms with Crippen molar-refractivity contribution in [3.8, 4) is 0 Å². The molecule has 2 rings (SSSR count). The molecule has 6 heteroatoms. The number of halogens is 2. The van der Waals surface area contributed by atoms with Crippen molar-refractivity contribution >= 4 is 17.7 Å². The first-order valence-corrected chi connectivity index (χ1v) is 6.31. The van der Waals surface area contributed by atoms with E-state index in [1.165, 1.54) is 30.1 Å². The van der Waals surface area contributed by atoms with Gasteiger partial charge in [-0.15, -0.1) is 11.8 Å². The number of benzene rings is 1. The molecule has 3 nitrogen and oxygen atoms in total. The summed E-state index contributed by atoms with van der Waals surface area (Å²) in [5, 5.41) is 8.72. The molecule has 0 atom stereocenters. The van der Waals surface area contributed by atoms with Gasteiger partial charge in [-0.2, -0.15) is 0 Å². The third kappa shape index (κ3) is 3.51. The molecule has 0 spiro atoms. The van der Waals surface area contributed by atoms with Gasteiger partial charge in [-0.25, -0.2) is 13.6 Å². The Hall–Kier alpha value is -1.95. The van der Waals surface area contributed by atoms with Gasteiger partial charge in [-0.05, 0) is 30.3 Å². The number of pyridine rings is 1. The largest absolute Gasteiger partial charge is 0.478 e. The Labute approximate surface area is 112 Å². The molecule has 19 heavy (non-hydrogen) atoms. The van der Waals surface area contributed by atoms with Crippen LogP contribution in [0.2, 0.25) is 0 Å². The minimum Gasteiger partial charge on any atom is -0.478 e. The molecule has 0 unspecified atom stereocenters. The summed E-state index contributed by atoms with van der Waals surface area (Å²) in [7, 11) is 0. The van der Waals surface area contributed by atoms with Gasteiger partial charge in [0.2, 0.25) is 0 Å².